The Morgan fingerprint density at radius 3 is 2.70 bits per heavy atom. The normalized spacial score (nSPS) is 10.9. The third-order valence-electron chi connectivity index (χ3n) is 3.83. The van der Waals surface area contributed by atoms with E-state index in [-0.39, 0.29) is 11.7 Å². The number of imidazole rings is 1. The highest BCUT2D eigenvalue weighted by atomic mass is 19.1. The van der Waals surface area contributed by atoms with Crippen molar-refractivity contribution in [2.24, 2.45) is 0 Å². The topological polar surface area (TPSA) is 46.4 Å². The van der Waals surface area contributed by atoms with Crippen molar-refractivity contribution in [1.82, 2.24) is 14.7 Å². The van der Waals surface area contributed by atoms with E-state index in [1.165, 1.54) is 12.1 Å². The Bertz CT molecular complexity index is 853. The van der Waals surface area contributed by atoms with Crippen LogP contribution in [-0.4, -0.2) is 15.3 Å². The number of aryl methyl sites for hydroxylation is 2. The summed E-state index contributed by atoms with van der Waals surface area (Å²) >= 11 is 0. The number of carbonyl (C=O) groups excluding carboxylic acids is 1. The lowest BCUT2D eigenvalue weighted by Crippen LogP contribution is -2.25. The van der Waals surface area contributed by atoms with Crippen LogP contribution in [0.15, 0.2) is 42.6 Å². The van der Waals surface area contributed by atoms with Crippen molar-refractivity contribution in [2.75, 3.05) is 0 Å². The van der Waals surface area contributed by atoms with Crippen LogP contribution < -0.4 is 5.32 Å². The molecule has 0 bridgehead atoms. The standard InChI is InChI=1S/C18H18FN3O/c1-3-15-16(22-10-4-5-12(2)17(22)21-15)18(23)20-11-13-6-8-14(19)9-7-13/h4-10H,3,11H2,1-2H3,(H,20,23). The molecule has 1 amide bonds. The van der Waals surface area contributed by atoms with Gasteiger partial charge >= 0.3 is 0 Å². The fourth-order valence-corrected chi connectivity index (χ4v) is 2.61. The summed E-state index contributed by atoms with van der Waals surface area (Å²) in [5.74, 6) is -0.463. The molecule has 4 nitrogen and oxygen atoms in total. The van der Waals surface area contributed by atoms with Gasteiger partial charge in [-0.2, -0.15) is 0 Å². The molecule has 5 heteroatoms. The van der Waals surface area contributed by atoms with Gasteiger partial charge in [-0.3, -0.25) is 9.20 Å². The quantitative estimate of drug-likeness (QED) is 0.804. The molecule has 2 heterocycles. The van der Waals surface area contributed by atoms with Gasteiger partial charge in [-0.1, -0.05) is 25.1 Å². The van der Waals surface area contributed by atoms with Gasteiger partial charge in [0.25, 0.3) is 5.91 Å². The lowest BCUT2D eigenvalue weighted by molar-refractivity contribution is 0.0944. The van der Waals surface area contributed by atoms with Gasteiger partial charge in [0.15, 0.2) is 0 Å². The summed E-state index contributed by atoms with van der Waals surface area (Å²) in [5, 5.41) is 2.88. The summed E-state index contributed by atoms with van der Waals surface area (Å²) in [7, 11) is 0. The Morgan fingerprint density at radius 1 is 1.26 bits per heavy atom. The number of aromatic nitrogens is 2. The molecule has 0 aliphatic carbocycles. The maximum absolute atomic E-state index is 12.9. The van der Waals surface area contributed by atoms with Gasteiger partial charge in [-0.15, -0.1) is 0 Å². The second-order valence-electron chi connectivity index (χ2n) is 5.45. The Kier molecular flexibility index (Phi) is 4.10. The molecular weight excluding hydrogens is 293 g/mol. The van der Waals surface area contributed by atoms with E-state index >= 15 is 0 Å². The molecule has 0 saturated carbocycles. The summed E-state index contributed by atoms with van der Waals surface area (Å²) in [5.41, 5.74) is 4.02. The SMILES string of the molecule is CCc1nc2c(C)cccn2c1C(=O)NCc1ccc(F)cc1. The highest BCUT2D eigenvalue weighted by Crippen LogP contribution is 2.16. The van der Waals surface area contributed by atoms with Gasteiger partial charge in [-0.25, -0.2) is 9.37 Å². The number of fused-ring (bicyclic) bond motifs is 1. The van der Waals surface area contributed by atoms with E-state index in [4.69, 9.17) is 0 Å². The average Bonchev–Trinajstić information content (AvgIpc) is 2.94. The molecule has 0 atom stereocenters. The first-order valence-electron chi connectivity index (χ1n) is 7.59. The van der Waals surface area contributed by atoms with Crippen molar-refractivity contribution in [1.29, 1.82) is 0 Å². The van der Waals surface area contributed by atoms with E-state index < -0.39 is 0 Å². The number of carbonyl (C=O) groups is 1. The van der Waals surface area contributed by atoms with Crippen LogP contribution in [0.25, 0.3) is 5.65 Å². The number of amides is 1. The lowest BCUT2D eigenvalue weighted by Gasteiger charge is -2.07. The third kappa shape index (κ3) is 2.95. The van der Waals surface area contributed by atoms with Gasteiger partial charge in [-0.05, 0) is 42.7 Å². The van der Waals surface area contributed by atoms with Crippen molar-refractivity contribution in [2.45, 2.75) is 26.8 Å². The minimum atomic E-state index is -0.286. The van der Waals surface area contributed by atoms with Crippen molar-refractivity contribution in [3.63, 3.8) is 0 Å². The number of pyridine rings is 1. The average molecular weight is 311 g/mol. The van der Waals surface area contributed by atoms with E-state index in [9.17, 15) is 9.18 Å². The second kappa shape index (κ2) is 6.20. The monoisotopic (exact) mass is 311 g/mol. The van der Waals surface area contributed by atoms with Crippen LogP contribution in [0.2, 0.25) is 0 Å². The maximum Gasteiger partial charge on any atom is 0.270 e. The molecule has 3 aromatic rings. The minimum Gasteiger partial charge on any atom is -0.347 e. The predicted molar refractivity (Wildman–Crippen MR) is 86.9 cm³/mol. The van der Waals surface area contributed by atoms with E-state index in [1.54, 1.807) is 12.1 Å². The minimum absolute atomic E-state index is 0.177. The number of nitrogens with zero attached hydrogens (tertiary/aromatic N) is 2. The highest BCUT2D eigenvalue weighted by Gasteiger charge is 2.18. The number of nitrogens with one attached hydrogen (secondary N) is 1. The Morgan fingerprint density at radius 2 is 2.00 bits per heavy atom. The molecule has 2 aromatic heterocycles. The first kappa shape index (κ1) is 15.2. The van der Waals surface area contributed by atoms with E-state index in [2.05, 4.69) is 10.3 Å². The van der Waals surface area contributed by atoms with Crippen molar-refractivity contribution < 1.29 is 9.18 Å². The zero-order chi connectivity index (χ0) is 16.4. The second-order valence-corrected chi connectivity index (χ2v) is 5.45. The lowest BCUT2D eigenvalue weighted by atomic mass is 10.2. The summed E-state index contributed by atoms with van der Waals surface area (Å²) < 4.78 is 14.7. The summed E-state index contributed by atoms with van der Waals surface area (Å²) in [6.45, 7) is 4.30. The number of benzene rings is 1. The third-order valence-corrected chi connectivity index (χ3v) is 3.83. The number of halogens is 1. The van der Waals surface area contributed by atoms with Gasteiger partial charge in [0.2, 0.25) is 0 Å². The van der Waals surface area contributed by atoms with E-state index in [0.717, 1.165) is 22.5 Å². The molecule has 1 N–H and O–H groups in total. The van der Waals surface area contributed by atoms with Crippen LogP contribution in [0, 0.1) is 12.7 Å². The van der Waals surface area contributed by atoms with Crippen molar-refractivity contribution in [3.8, 4) is 0 Å². The van der Waals surface area contributed by atoms with Crippen molar-refractivity contribution >= 4 is 11.6 Å². The Labute approximate surface area is 134 Å². The van der Waals surface area contributed by atoms with Crippen LogP contribution >= 0.6 is 0 Å². The van der Waals surface area contributed by atoms with Gasteiger partial charge in [0, 0.05) is 12.7 Å². The summed E-state index contributed by atoms with van der Waals surface area (Å²) in [6.07, 6.45) is 2.53. The molecule has 0 saturated heterocycles. The molecule has 0 aliphatic heterocycles. The smallest absolute Gasteiger partial charge is 0.270 e. The number of rotatable bonds is 4. The molecule has 0 fully saturated rings. The molecule has 0 radical (unpaired) electrons. The first-order valence-corrected chi connectivity index (χ1v) is 7.59. The fraction of sp³-hybridized carbons (Fsp3) is 0.222. The van der Waals surface area contributed by atoms with Gasteiger partial charge in [0.1, 0.15) is 17.2 Å². The highest BCUT2D eigenvalue weighted by molar-refractivity contribution is 5.94. The maximum atomic E-state index is 12.9. The molecule has 0 unspecified atom stereocenters. The molecule has 1 aromatic carbocycles. The zero-order valence-corrected chi connectivity index (χ0v) is 13.1. The van der Waals surface area contributed by atoms with Crippen LogP contribution in [-0.2, 0) is 13.0 Å². The molecule has 118 valence electrons. The van der Waals surface area contributed by atoms with Crippen molar-refractivity contribution in [3.05, 3.63) is 70.9 Å². The summed E-state index contributed by atoms with van der Waals surface area (Å²) in [4.78, 5) is 17.2. The molecular formula is C18H18FN3O. The Balaban J connectivity index is 1.88. The predicted octanol–water partition coefficient (Wildman–Crippen LogP) is 3.27. The Hall–Kier alpha value is -2.69. The van der Waals surface area contributed by atoms with Crippen LogP contribution in [0.4, 0.5) is 4.39 Å². The molecule has 3 rings (SSSR count). The van der Waals surface area contributed by atoms with Gasteiger partial charge in [0.05, 0.1) is 5.69 Å². The summed E-state index contributed by atoms with van der Waals surface area (Å²) in [6, 6.07) is 9.97. The molecule has 0 aliphatic rings. The van der Waals surface area contributed by atoms with Crippen LogP contribution in [0.3, 0.4) is 0 Å². The van der Waals surface area contributed by atoms with Crippen LogP contribution in [0.5, 0.6) is 0 Å². The number of hydrogen-bond donors (Lipinski definition) is 1. The fourth-order valence-electron chi connectivity index (χ4n) is 2.61. The van der Waals surface area contributed by atoms with Crippen LogP contribution in [0.1, 0.15) is 34.2 Å². The van der Waals surface area contributed by atoms with E-state index in [1.807, 2.05) is 36.6 Å². The van der Waals surface area contributed by atoms with Gasteiger partial charge < -0.3 is 5.32 Å². The molecule has 23 heavy (non-hydrogen) atoms. The first-order chi connectivity index (χ1) is 11.1. The number of hydrogen-bond acceptors (Lipinski definition) is 2. The largest absolute Gasteiger partial charge is 0.347 e. The zero-order valence-electron chi connectivity index (χ0n) is 13.1. The van der Waals surface area contributed by atoms with E-state index in [0.29, 0.717) is 18.7 Å². The molecule has 0 spiro atoms.